The number of hydrogen-bond donors (Lipinski definition) is 3. The molecule has 1 aliphatic carbocycles. The first-order chi connectivity index (χ1) is 15.0. The Labute approximate surface area is 182 Å². The molecule has 2 aromatic carbocycles. The minimum Gasteiger partial charge on any atom is -0.342 e. The molecule has 162 valence electrons. The summed E-state index contributed by atoms with van der Waals surface area (Å²) in [6.07, 6.45) is 3.57. The van der Waals surface area contributed by atoms with Crippen molar-refractivity contribution in [2.45, 2.75) is 32.6 Å². The Hall–Kier alpha value is -3.35. The second-order valence-corrected chi connectivity index (χ2v) is 8.36. The van der Waals surface area contributed by atoms with Crippen LogP contribution in [-0.4, -0.2) is 35.8 Å². The van der Waals surface area contributed by atoms with Crippen LogP contribution >= 0.6 is 0 Å². The number of urea groups is 1. The largest absolute Gasteiger partial charge is 0.342 e. The van der Waals surface area contributed by atoms with Gasteiger partial charge in [0.1, 0.15) is 0 Å². The molecule has 7 nitrogen and oxygen atoms in total. The van der Waals surface area contributed by atoms with Crippen LogP contribution in [0.2, 0.25) is 0 Å². The summed E-state index contributed by atoms with van der Waals surface area (Å²) in [6.45, 7) is 3.14. The van der Waals surface area contributed by atoms with Gasteiger partial charge in [-0.25, -0.2) is 4.79 Å². The van der Waals surface area contributed by atoms with E-state index in [2.05, 4.69) is 16.0 Å². The van der Waals surface area contributed by atoms with E-state index in [9.17, 15) is 14.4 Å². The standard InChI is InChI=1S/C24H28N4O3/c1-16-9-12-20(26-24(31)25-19-7-3-2-4-8-19)14-21(16)27-22(29)18-6-5-13-28(15-18)23(30)17-10-11-17/h2-4,7-9,12,14,17-18H,5-6,10-11,13,15H2,1H3,(H,27,29)(H2,25,26,31). The van der Waals surface area contributed by atoms with Crippen LogP contribution in [0.5, 0.6) is 0 Å². The Morgan fingerprint density at radius 3 is 2.35 bits per heavy atom. The lowest BCUT2D eigenvalue weighted by Crippen LogP contribution is -2.44. The van der Waals surface area contributed by atoms with Gasteiger partial charge in [0.05, 0.1) is 5.92 Å². The molecule has 2 aliphatic rings. The molecule has 1 heterocycles. The summed E-state index contributed by atoms with van der Waals surface area (Å²) < 4.78 is 0. The summed E-state index contributed by atoms with van der Waals surface area (Å²) in [4.78, 5) is 39.4. The van der Waals surface area contributed by atoms with Crippen LogP contribution in [0, 0.1) is 18.8 Å². The summed E-state index contributed by atoms with van der Waals surface area (Å²) in [7, 11) is 0. The van der Waals surface area contributed by atoms with E-state index in [0.29, 0.717) is 23.6 Å². The van der Waals surface area contributed by atoms with E-state index in [0.717, 1.165) is 37.8 Å². The Kier molecular flexibility index (Phi) is 6.21. The lowest BCUT2D eigenvalue weighted by molar-refractivity contribution is -0.135. The molecular weight excluding hydrogens is 392 g/mol. The van der Waals surface area contributed by atoms with Crippen molar-refractivity contribution < 1.29 is 14.4 Å². The number of nitrogens with zero attached hydrogens (tertiary/aromatic N) is 1. The smallest absolute Gasteiger partial charge is 0.323 e. The topological polar surface area (TPSA) is 90.5 Å². The zero-order valence-corrected chi connectivity index (χ0v) is 17.7. The van der Waals surface area contributed by atoms with Crippen LogP contribution in [-0.2, 0) is 9.59 Å². The van der Waals surface area contributed by atoms with Gasteiger partial charge in [0.2, 0.25) is 11.8 Å². The van der Waals surface area contributed by atoms with Crippen molar-refractivity contribution in [1.82, 2.24) is 4.90 Å². The van der Waals surface area contributed by atoms with Crippen molar-refractivity contribution >= 4 is 34.9 Å². The first-order valence-corrected chi connectivity index (χ1v) is 10.8. The van der Waals surface area contributed by atoms with Gasteiger partial charge < -0.3 is 20.9 Å². The predicted octanol–water partition coefficient (Wildman–Crippen LogP) is 4.23. The van der Waals surface area contributed by atoms with Gasteiger partial charge in [-0.05, 0) is 62.4 Å². The molecule has 0 aromatic heterocycles. The molecule has 31 heavy (non-hydrogen) atoms. The number of amides is 4. The van der Waals surface area contributed by atoms with E-state index in [4.69, 9.17) is 0 Å². The summed E-state index contributed by atoms with van der Waals surface area (Å²) in [5, 5.41) is 8.57. The second kappa shape index (κ2) is 9.20. The highest BCUT2D eigenvalue weighted by atomic mass is 16.2. The van der Waals surface area contributed by atoms with Crippen LogP contribution in [0.15, 0.2) is 48.5 Å². The van der Waals surface area contributed by atoms with E-state index >= 15 is 0 Å². The minimum absolute atomic E-state index is 0.0812. The first kappa shape index (κ1) is 20.9. The molecule has 2 aromatic rings. The van der Waals surface area contributed by atoms with Crippen molar-refractivity contribution in [1.29, 1.82) is 0 Å². The average molecular weight is 421 g/mol. The summed E-state index contributed by atoms with van der Waals surface area (Å²) >= 11 is 0. The summed E-state index contributed by atoms with van der Waals surface area (Å²) in [6, 6.07) is 14.3. The molecule has 7 heteroatoms. The molecular formula is C24H28N4O3. The van der Waals surface area contributed by atoms with Crippen molar-refractivity contribution in [3.05, 3.63) is 54.1 Å². The lowest BCUT2D eigenvalue weighted by Gasteiger charge is -2.32. The van der Waals surface area contributed by atoms with Crippen LogP contribution in [0.25, 0.3) is 0 Å². The molecule has 0 bridgehead atoms. The molecule has 4 rings (SSSR count). The summed E-state index contributed by atoms with van der Waals surface area (Å²) in [5.41, 5.74) is 2.85. The number of hydrogen-bond acceptors (Lipinski definition) is 3. The SMILES string of the molecule is Cc1ccc(NC(=O)Nc2ccccc2)cc1NC(=O)C1CCCN(C(=O)C2CC2)C1. The molecule has 0 radical (unpaired) electrons. The Morgan fingerprint density at radius 2 is 1.61 bits per heavy atom. The number of likely N-dealkylation sites (tertiary alicyclic amines) is 1. The van der Waals surface area contributed by atoms with Crippen LogP contribution in [0.4, 0.5) is 21.9 Å². The van der Waals surface area contributed by atoms with Gasteiger partial charge in [0.15, 0.2) is 0 Å². The predicted molar refractivity (Wildman–Crippen MR) is 121 cm³/mol. The molecule has 2 fully saturated rings. The number of piperidine rings is 1. The highest BCUT2D eigenvalue weighted by Crippen LogP contribution is 2.33. The van der Waals surface area contributed by atoms with E-state index in [1.165, 1.54) is 0 Å². The maximum absolute atomic E-state index is 12.9. The maximum Gasteiger partial charge on any atom is 0.323 e. The minimum atomic E-state index is -0.353. The van der Waals surface area contributed by atoms with E-state index in [1.807, 2.05) is 48.2 Å². The fourth-order valence-corrected chi connectivity index (χ4v) is 3.86. The van der Waals surface area contributed by atoms with E-state index in [1.54, 1.807) is 12.1 Å². The number of aryl methyl sites for hydroxylation is 1. The molecule has 1 saturated heterocycles. The van der Waals surface area contributed by atoms with Gasteiger partial charge in [0, 0.05) is 36.1 Å². The fraction of sp³-hybridized carbons (Fsp3) is 0.375. The summed E-state index contributed by atoms with van der Waals surface area (Å²) in [5.74, 6) is 0.0780. The van der Waals surface area contributed by atoms with Gasteiger partial charge in [-0.1, -0.05) is 24.3 Å². The quantitative estimate of drug-likeness (QED) is 0.676. The van der Waals surface area contributed by atoms with E-state index in [-0.39, 0.29) is 29.7 Å². The third kappa shape index (κ3) is 5.42. The molecule has 1 saturated carbocycles. The van der Waals surface area contributed by atoms with Crippen LogP contribution in [0.1, 0.15) is 31.2 Å². The second-order valence-electron chi connectivity index (χ2n) is 8.36. The molecule has 1 unspecified atom stereocenters. The number of anilines is 3. The molecule has 0 spiro atoms. The highest BCUT2D eigenvalue weighted by Gasteiger charge is 2.36. The normalized spacial score (nSPS) is 18.2. The number of carbonyl (C=O) groups excluding carboxylic acids is 3. The van der Waals surface area contributed by atoms with Crippen molar-refractivity contribution in [2.75, 3.05) is 29.0 Å². The molecule has 4 amide bonds. The zero-order chi connectivity index (χ0) is 21.8. The van der Waals surface area contributed by atoms with E-state index < -0.39 is 0 Å². The molecule has 1 atom stereocenters. The number of carbonyl (C=O) groups is 3. The van der Waals surface area contributed by atoms with Crippen molar-refractivity contribution in [2.24, 2.45) is 11.8 Å². The fourth-order valence-electron chi connectivity index (χ4n) is 3.86. The third-order valence-electron chi connectivity index (χ3n) is 5.82. The molecule has 1 aliphatic heterocycles. The first-order valence-electron chi connectivity index (χ1n) is 10.8. The number of nitrogens with one attached hydrogen (secondary N) is 3. The Morgan fingerprint density at radius 1 is 0.871 bits per heavy atom. The third-order valence-corrected chi connectivity index (χ3v) is 5.82. The zero-order valence-electron chi connectivity index (χ0n) is 17.7. The Bertz CT molecular complexity index is 972. The number of para-hydroxylation sites is 1. The van der Waals surface area contributed by atoms with Crippen molar-refractivity contribution in [3.8, 4) is 0 Å². The highest BCUT2D eigenvalue weighted by molar-refractivity contribution is 6.01. The maximum atomic E-state index is 12.9. The van der Waals surface area contributed by atoms with Crippen molar-refractivity contribution in [3.63, 3.8) is 0 Å². The van der Waals surface area contributed by atoms with Gasteiger partial charge in [-0.3, -0.25) is 9.59 Å². The van der Waals surface area contributed by atoms with Crippen LogP contribution < -0.4 is 16.0 Å². The Balaban J connectivity index is 1.37. The average Bonchev–Trinajstić information content (AvgIpc) is 3.62. The van der Waals surface area contributed by atoms with Crippen LogP contribution in [0.3, 0.4) is 0 Å². The van der Waals surface area contributed by atoms with Gasteiger partial charge in [-0.15, -0.1) is 0 Å². The van der Waals surface area contributed by atoms with Gasteiger partial charge in [0.25, 0.3) is 0 Å². The monoisotopic (exact) mass is 420 g/mol. The van der Waals surface area contributed by atoms with Gasteiger partial charge >= 0.3 is 6.03 Å². The molecule has 3 N–H and O–H groups in total. The number of rotatable bonds is 5. The lowest BCUT2D eigenvalue weighted by atomic mass is 9.96. The number of benzene rings is 2. The van der Waals surface area contributed by atoms with Gasteiger partial charge in [-0.2, -0.15) is 0 Å².